The summed E-state index contributed by atoms with van der Waals surface area (Å²) in [5.41, 5.74) is 4.67. The number of hydrogen-bond acceptors (Lipinski definition) is 3. The molecule has 0 spiro atoms. The zero-order valence-corrected chi connectivity index (χ0v) is 16.5. The summed E-state index contributed by atoms with van der Waals surface area (Å²) < 4.78 is 5.60. The van der Waals surface area contributed by atoms with Gasteiger partial charge in [-0.15, -0.1) is 0 Å². The van der Waals surface area contributed by atoms with Crippen LogP contribution in [0.2, 0.25) is 0 Å². The van der Waals surface area contributed by atoms with Crippen LogP contribution in [0, 0.1) is 13.8 Å². The Bertz CT molecular complexity index is 780. The summed E-state index contributed by atoms with van der Waals surface area (Å²) in [6.07, 6.45) is 0.175. The first kappa shape index (κ1) is 20.6. The second-order valence-electron chi connectivity index (χ2n) is 7.02. The molecule has 0 saturated carbocycles. The Morgan fingerprint density at radius 2 is 1.63 bits per heavy atom. The molecule has 2 aromatic carbocycles. The second kappa shape index (κ2) is 9.88. The highest BCUT2D eigenvalue weighted by Gasteiger charge is 2.09. The molecule has 5 heteroatoms. The number of rotatable bonds is 8. The molecule has 2 amide bonds. The molecule has 0 aliphatic rings. The van der Waals surface area contributed by atoms with Crippen molar-refractivity contribution < 1.29 is 14.3 Å². The van der Waals surface area contributed by atoms with Gasteiger partial charge in [0.1, 0.15) is 0 Å². The number of benzene rings is 2. The van der Waals surface area contributed by atoms with Crippen molar-refractivity contribution in [1.82, 2.24) is 10.6 Å². The van der Waals surface area contributed by atoms with Gasteiger partial charge in [0.05, 0.1) is 19.3 Å². The maximum absolute atomic E-state index is 12.2. The van der Waals surface area contributed by atoms with Crippen molar-refractivity contribution in [2.24, 2.45) is 0 Å². The molecule has 5 nitrogen and oxygen atoms in total. The molecule has 144 valence electrons. The van der Waals surface area contributed by atoms with Crippen LogP contribution in [0.3, 0.4) is 0 Å². The molecule has 0 bridgehead atoms. The first-order chi connectivity index (χ1) is 12.8. The standard InChI is InChI=1S/C22H28N2O3/c1-15(2)27-14-19-7-5-6-18(11-19)12-23-21(25)13-24-22(26)20-9-16(3)8-17(4)10-20/h5-11,15H,12-14H2,1-4H3,(H,23,25)(H,24,26). The van der Waals surface area contributed by atoms with Gasteiger partial charge in [0.25, 0.3) is 5.91 Å². The number of aryl methyl sites for hydroxylation is 2. The Kier molecular flexibility index (Phi) is 7.55. The number of nitrogens with one attached hydrogen (secondary N) is 2. The molecule has 0 aromatic heterocycles. The third kappa shape index (κ3) is 7.23. The smallest absolute Gasteiger partial charge is 0.251 e. The van der Waals surface area contributed by atoms with Crippen molar-refractivity contribution in [3.63, 3.8) is 0 Å². The molecular formula is C22H28N2O3. The summed E-state index contributed by atoms with van der Waals surface area (Å²) in [4.78, 5) is 24.2. The van der Waals surface area contributed by atoms with Crippen LogP contribution in [0.25, 0.3) is 0 Å². The average Bonchev–Trinajstić information content (AvgIpc) is 2.62. The molecule has 2 rings (SSSR count). The number of carbonyl (C=O) groups is 2. The number of amides is 2. The van der Waals surface area contributed by atoms with Crippen LogP contribution in [0.4, 0.5) is 0 Å². The van der Waals surface area contributed by atoms with Crippen LogP contribution in [0.5, 0.6) is 0 Å². The number of ether oxygens (including phenoxy) is 1. The van der Waals surface area contributed by atoms with E-state index in [0.717, 1.165) is 22.3 Å². The molecule has 0 radical (unpaired) electrons. The largest absolute Gasteiger partial charge is 0.374 e. The van der Waals surface area contributed by atoms with E-state index in [1.54, 1.807) is 0 Å². The van der Waals surface area contributed by atoms with Gasteiger partial charge in [0.2, 0.25) is 5.91 Å². The summed E-state index contributed by atoms with van der Waals surface area (Å²) in [7, 11) is 0. The quantitative estimate of drug-likeness (QED) is 0.751. The van der Waals surface area contributed by atoms with Crippen LogP contribution >= 0.6 is 0 Å². The van der Waals surface area contributed by atoms with Gasteiger partial charge in [-0.25, -0.2) is 0 Å². The normalized spacial score (nSPS) is 10.7. The monoisotopic (exact) mass is 368 g/mol. The van der Waals surface area contributed by atoms with Gasteiger partial charge in [-0.1, -0.05) is 41.5 Å². The first-order valence-corrected chi connectivity index (χ1v) is 9.16. The SMILES string of the molecule is Cc1cc(C)cc(C(=O)NCC(=O)NCc2cccc(COC(C)C)c2)c1. The van der Waals surface area contributed by atoms with Crippen LogP contribution in [-0.2, 0) is 22.7 Å². The Morgan fingerprint density at radius 1 is 0.963 bits per heavy atom. The highest BCUT2D eigenvalue weighted by atomic mass is 16.5. The van der Waals surface area contributed by atoms with E-state index in [-0.39, 0.29) is 24.5 Å². The van der Waals surface area contributed by atoms with Crippen molar-refractivity contribution in [2.75, 3.05) is 6.54 Å². The van der Waals surface area contributed by atoms with E-state index in [0.29, 0.717) is 18.7 Å². The predicted molar refractivity (Wildman–Crippen MR) is 106 cm³/mol. The average molecular weight is 368 g/mol. The molecule has 0 atom stereocenters. The maximum Gasteiger partial charge on any atom is 0.251 e. The van der Waals surface area contributed by atoms with Crippen LogP contribution < -0.4 is 10.6 Å². The summed E-state index contributed by atoms with van der Waals surface area (Å²) in [5, 5.41) is 5.49. The molecule has 27 heavy (non-hydrogen) atoms. The molecule has 0 heterocycles. The fourth-order valence-electron chi connectivity index (χ4n) is 2.72. The zero-order chi connectivity index (χ0) is 19.8. The van der Waals surface area contributed by atoms with Crippen molar-refractivity contribution in [2.45, 2.75) is 47.0 Å². The molecular weight excluding hydrogens is 340 g/mol. The van der Waals surface area contributed by atoms with Gasteiger partial charge >= 0.3 is 0 Å². The van der Waals surface area contributed by atoms with Crippen molar-refractivity contribution >= 4 is 11.8 Å². The molecule has 0 saturated heterocycles. The summed E-state index contributed by atoms with van der Waals surface area (Å²) in [6.45, 7) is 8.78. The maximum atomic E-state index is 12.2. The summed E-state index contributed by atoms with van der Waals surface area (Å²) in [6, 6.07) is 13.5. The zero-order valence-electron chi connectivity index (χ0n) is 16.5. The van der Waals surface area contributed by atoms with E-state index in [1.165, 1.54) is 0 Å². The lowest BCUT2D eigenvalue weighted by molar-refractivity contribution is -0.120. The first-order valence-electron chi connectivity index (χ1n) is 9.16. The molecule has 0 unspecified atom stereocenters. The van der Waals surface area contributed by atoms with E-state index in [1.807, 2.05) is 70.2 Å². The van der Waals surface area contributed by atoms with Crippen molar-refractivity contribution in [3.05, 3.63) is 70.3 Å². The lowest BCUT2D eigenvalue weighted by Gasteiger charge is -2.10. The van der Waals surface area contributed by atoms with Gasteiger partial charge < -0.3 is 15.4 Å². The molecule has 2 N–H and O–H groups in total. The Balaban J connectivity index is 1.80. The van der Waals surface area contributed by atoms with E-state index >= 15 is 0 Å². The topological polar surface area (TPSA) is 67.4 Å². The van der Waals surface area contributed by atoms with E-state index in [9.17, 15) is 9.59 Å². The van der Waals surface area contributed by atoms with Gasteiger partial charge in [-0.2, -0.15) is 0 Å². The fourth-order valence-corrected chi connectivity index (χ4v) is 2.72. The lowest BCUT2D eigenvalue weighted by atomic mass is 10.1. The van der Waals surface area contributed by atoms with Crippen molar-refractivity contribution in [3.8, 4) is 0 Å². The van der Waals surface area contributed by atoms with Crippen LogP contribution in [0.15, 0.2) is 42.5 Å². The lowest BCUT2D eigenvalue weighted by Crippen LogP contribution is -2.36. The van der Waals surface area contributed by atoms with Crippen LogP contribution in [-0.4, -0.2) is 24.5 Å². The van der Waals surface area contributed by atoms with Gasteiger partial charge in [0, 0.05) is 12.1 Å². The minimum atomic E-state index is -0.246. The van der Waals surface area contributed by atoms with Gasteiger partial charge in [0.15, 0.2) is 0 Å². The molecule has 0 aliphatic heterocycles. The molecule has 2 aromatic rings. The highest BCUT2D eigenvalue weighted by molar-refractivity contribution is 5.96. The Morgan fingerprint density at radius 3 is 2.30 bits per heavy atom. The highest BCUT2D eigenvalue weighted by Crippen LogP contribution is 2.09. The minimum absolute atomic E-state index is 0.0536. The Hall–Kier alpha value is -2.66. The Labute approximate surface area is 161 Å². The van der Waals surface area contributed by atoms with E-state index in [2.05, 4.69) is 10.6 Å². The summed E-state index contributed by atoms with van der Waals surface area (Å²) >= 11 is 0. The van der Waals surface area contributed by atoms with Gasteiger partial charge in [-0.3, -0.25) is 9.59 Å². The fraction of sp³-hybridized carbons (Fsp3) is 0.364. The predicted octanol–water partition coefficient (Wildman–Crippen LogP) is 3.27. The van der Waals surface area contributed by atoms with Gasteiger partial charge in [-0.05, 0) is 51.0 Å². The van der Waals surface area contributed by atoms with E-state index < -0.39 is 0 Å². The summed E-state index contributed by atoms with van der Waals surface area (Å²) in [5.74, 6) is -0.471. The minimum Gasteiger partial charge on any atom is -0.374 e. The third-order valence-corrected chi connectivity index (χ3v) is 3.96. The number of carbonyl (C=O) groups excluding carboxylic acids is 2. The van der Waals surface area contributed by atoms with Crippen molar-refractivity contribution in [1.29, 1.82) is 0 Å². The third-order valence-electron chi connectivity index (χ3n) is 3.96. The molecule has 0 aliphatic carbocycles. The van der Waals surface area contributed by atoms with Crippen LogP contribution in [0.1, 0.15) is 46.5 Å². The van der Waals surface area contributed by atoms with E-state index in [4.69, 9.17) is 4.74 Å². The number of hydrogen-bond donors (Lipinski definition) is 2. The second-order valence-corrected chi connectivity index (χ2v) is 7.02. The molecule has 0 fully saturated rings.